The van der Waals surface area contributed by atoms with Crippen LogP contribution in [-0.4, -0.2) is 18.1 Å². The van der Waals surface area contributed by atoms with E-state index in [9.17, 15) is 9.90 Å². The third-order valence-corrected chi connectivity index (χ3v) is 5.08. The molecule has 3 aromatic carbocycles. The van der Waals surface area contributed by atoms with Gasteiger partial charge < -0.3 is 14.7 Å². The maximum Gasteiger partial charge on any atom is 0.268 e. The minimum absolute atomic E-state index is 0.338. The Morgan fingerprint density at radius 2 is 1.74 bits per heavy atom. The molecule has 0 spiro atoms. The summed E-state index contributed by atoms with van der Waals surface area (Å²) in [4.78, 5) is 15.0. The van der Waals surface area contributed by atoms with Gasteiger partial charge >= 0.3 is 0 Å². The number of rotatable bonds is 4. The number of hydrogen-bond donors (Lipinski definition) is 1. The molecule has 1 unspecified atom stereocenters. The van der Waals surface area contributed by atoms with Crippen LogP contribution in [0.25, 0.3) is 0 Å². The molecule has 0 radical (unpaired) electrons. The summed E-state index contributed by atoms with van der Waals surface area (Å²) >= 11 is 0. The molecular weight excluding hydrogens is 338 g/mol. The Balaban J connectivity index is 1.78. The normalized spacial score (nSPS) is 18.5. The van der Waals surface area contributed by atoms with Crippen LogP contribution in [0.5, 0.6) is 5.75 Å². The zero-order chi connectivity index (χ0) is 19.0. The molecule has 1 amide bonds. The molecule has 1 heterocycles. The summed E-state index contributed by atoms with van der Waals surface area (Å²) in [5.41, 5.74) is 2.26. The van der Waals surface area contributed by atoms with Gasteiger partial charge in [-0.1, -0.05) is 60.2 Å². The van der Waals surface area contributed by atoms with Gasteiger partial charge in [0.25, 0.3) is 5.91 Å². The van der Waals surface area contributed by atoms with E-state index in [0.717, 1.165) is 22.6 Å². The molecule has 1 atom stereocenters. The van der Waals surface area contributed by atoms with E-state index in [2.05, 4.69) is 0 Å². The molecule has 0 saturated carbocycles. The van der Waals surface area contributed by atoms with E-state index in [1.165, 1.54) is 0 Å². The van der Waals surface area contributed by atoms with E-state index in [4.69, 9.17) is 4.74 Å². The van der Waals surface area contributed by atoms with Crippen LogP contribution in [-0.2, 0) is 16.9 Å². The lowest BCUT2D eigenvalue weighted by molar-refractivity contribution is -0.132. The fraction of sp³-hybridized carbons (Fsp3) is 0.174. The van der Waals surface area contributed by atoms with Crippen LogP contribution in [0.2, 0.25) is 0 Å². The maximum atomic E-state index is 13.4. The lowest BCUT2D eigenvalue weighted by atomic mass is 9.87. The Labute approximate surface area is 158 Å². The van der Waals surface area contributed by atoms with Gasteiger partial charge in [-0.25, -0.2) is 0 Å². The number of amides is 1. The second kappa shape index (κ2) is 6.56. The van der Waals surface area contributed by atoms with E-state index in [1.807, 2.05) is 79.7 Å². The third-order valence-electron chi connectivity index (χ3n) is 5.08. The second-order valence-electron chi connectivity index (χ2n) is 6.84. The zero-order valence-corrected chi connectivity index (χ0v) is 15.3. The largest absolute Gasteiger partial charge is 0.497 e. The summed E-state index contributed by atoms with van der Waals surface area (Å²) in [5.74, 6) is 0.400. The molecule has 0 saturated heterocycles. The van der Waals surface area contributed by atoms with Gasteiger partial charge in [-0.15, -0.1) is 0 Å². The van der Waals surface area contributed by atoms with Crippen molar-refractivity contribution in [2.45, 2.75) is 19.1 Å². The molecule has 4 nitrogen and oxygen atoms in total. The van der Waals surface area contributed by atoms with Gasteiger partial charge in [0.2, 0.25) is 0 Å². The monoisotopic (exact) mass is 359 g/mol. The highest BCUT2D eigenvalue weighted by Crippen LogP contribution is 2.45. The van der Waals surface area contributed by atoms with Crippen molar-refractivity contribution >= 4 is 11.6 Å². The lowest BCUT2D eigenvalue weighted by Gasteiger charge is -2.24. The van der Waals surface area contributed by atoms with E-state index in [0.29, 0.717) is 17.7 Å². The van der Waals surface area contributed by atoms with Crippen molar-refractivity contribution in [2.24, 2.45) is 0 Å². The summed E-state index contributed by atoms with van der Waals surface area (Å²) in [5, 5.41) is 11.5. The number of aryl methyl sites for hydroxylation is 1. The molecular formula is C23H21NO3. The highest BCUT2D eigenvalue weighted by Gasteiger charge is 2.50. The van der Waals surface area contributed by atoms with Gasteiger partial charge in [-0.2, -0.15) is 0 Å². The van der Waals surface area contributed by atoms with E-state index < -0.39 is 5.60 Å². The summed E-state index contributed by atoms with van der Waals surface area (Å²) < 4.78 is 5.28. The topological polar surface area (TPSA) is 49.8 Å². The Kier molecular flexibility index (Phi) is 4.21. The van der Waals surface area contributed by atoms with E-state index >= 15 is 0 Å². The van der Waals surface area contributed by atoms with Gasteiger partial charge in [0.1, 0.15) is 5.75 Å². The molecule has 1 aliphatic heterocycles. The average molecular weight is 359 g/mol. The Hall–Kier alpha value is -3.11. The third kappa shape index (κ3) is 2.78. The first-order chi connectivity index (χ1) is 13.0. The standard InChI is InChI=1S/C23H21NO3/c1-16-10-12-18(13-11-16)23(26)20-8-3-4-9-21(20)24(22(23)25)15-17-6-5-7-19(14-17)27-2/h3-14,26H,15H2,1-2H3. The number of carbonyl (C=O) groups is 1. The number of para-hydroxylation sites is 1. The number of aliphatic hydroxyl groups is 1. The Morgan fingerprint density at radius 3 is 2.48 bits per heavy atom. The number of nitrogens with zero attached hydrogens (tertiary/aromatic N) is 1. The lowest BCUT2D eigenvalue weighted by Crippen LogP contribution is -2.40. The molecule has 4 rings (SSSR count). The van der Waals surface area contributed by atoms with Gasteiger partial charge in [0, 0.05) is 5.56 Å². The SMILES string of the molecule is COc1cccc(CN2C(=O)C(O)(c3ccc(C)cc3)c3ccccc32)c1. The molecule has 0 aliphatic carbocycles. The van der Waals surface area contributed by atoms with Crippen LogP contribution < -0.4 is 9.64 Å². The first-order valence-corrected chi connectivity index (χ1v) is 8.88. The van der Waals surface area contributed by atoms with E-state index in [1.54, 1.807) is 12.0 Å². The summed E-state index contributed by atoms with van der Waals surface area (Å²) in [6.45, 7) is 2.34. The summed E-state index contributed by atoms with van der Waals surface area (Å²) in [6.07, 6.45) is 0. The molecule has 0 aromatic heterocycles. The molecule has 27 heavy (non-hydrogen) atoms. The molecule has 0 bridgehead atoms. The van der Waals surface area contributed by atoms with Crippen LogP contribution in [0.4, 0.5) is 5.69 Å². The first kappa shape index (κ1) is 17.3. The van der Waals surface area contributed by atoms with Crippen molar-refractivity contribution in [1.82, 2.24) is 0 Å². The van der Waals surface area contributed by atoms with Gasteiger partial charge in [0.05, 0.1) is 19.3 Å². The van der Waals surface area contributed by atoms with Gasteiger partial charge in [-0.3, -0.25) is 4.79 Å². The van der Waals surface area contributed by atoms with Crippen molar-refractivity contribution in [2.75, 3.05) is 12.0 Å². The quantitative estimate of drug-likeness (QED) is 0.771. The van der Waals surface area contributed by atoms with Crippen LogP contribution >= 0.6 is 0 Å². The predicted molar refractivity (Wildman–Crippen MR) is 105 cm³/mol. The minimum atomic E-state index is -1.68. The number of carbonyl (C=O) groups excluding carboxylic acids is 1. The van der Waals surface area contributed by atoms with Gasteiger partial charge in [0.15, 0.2) is 5.60 Å². The number of benzene rings is 3. The first-order valence-electron chi connectivity index (χ1n) is 8.88. The average Bonchev–Trinajstić information content (AvgIpc) is 2.92. The van der Waals surface area contributed by atoms with Crippen molar-refractivity contribution < 1.29 is 14.6 Å². The zero-order valence-electron chi connectivity index (χ0n) is 15.3. The van der Waals surface area contributed by atoms with E-state index in [-0.39, 0.29) is 5.91 Å². The molecule has 0 fully saturated rings. The van der Waals surface area contributed by atoms with Crippen LogP contribution in [0.15, 0.2) is 72.8 Å². The van der Waals surface area contributed by atoms with Crippen LogP contribution in [0.3, 0.4) is 0 Å². The van der Waals surface area contributed by atoms with Crippen LogP contribution in [0, 0.1) is 6.92 Å². The van der Waals surface area contributed by atoms with Crippen LogP contribution in [0.1, 0.15) is 22.3 Å². The smallest absolute Gasteiger partial charge is 0.268 e. The number of methoxy groups -OCH3 is 1. The van der Waals surface area contributed by atoms with Gasteiger partial charge in [-0.05, 0) is 36.2 Å². The molecule has 1 N–H and O–H groups in total. The number of anilines is 1. The molecule has 1 aliphatic rings. The minimum Gasteiger partial charge on any atom is -0.497 e. The molecule has 3 aromatic rings. The Morgan fingerprint density at radius 1 is 1.00 bits per heavy atom. The van der Waals surface area contributed by atoms with Crippen molar-refractivity contribution in [1.29, 1.82) is 0 Å². The molecule has 136 valence electrons. The fourth-order valence-corrected chi connectivity index (χ4v) is 3.62. The fourth-order valence-electron chi connectivity index (χ4n) is 3.62. The maximum absolute atomic E-state index is 13.4. The number of fused-ring (bicyclic) bond motifs is 1. The highest BCUT2D eigenvalue weighted by atomic mass is 16.5. The highest BCUT2D eigenvalue weighted by molar-refractivity contribution is 6.09. The van der Waals surface area contributed by atoms with Crippen molar-refractivity contribution in [3.8, 4) is 5.75 Å². The second-order valence-corrected chi connectivity index (χ2v) is 6.84. The summed E-state index contributed by atoms with van der Waals surface area (Å²) in [7, 11) is 1.62. The number of hydrogen-bond acceptors (Lipinski definition) is 3. The predicted octanol–water partition coefficient (Wildman–Crippen LogP) is 3.79. The molecule has 4 heteroatoms. The summed E-state index contributed by atoms with van der Waals surface area (Å²) in [6, 6.07) is 22.5. The van der Waals surface area contributed by atoms with Crippen molar-refractivity contribution in [3.05, 3.63) is 95.1 Å². The number of ether oxygens (including phenoxy) is 1. The van der Waals surface area contributed by atoms with Crippen molar-refractivity contribution in [3.63, 3.8) is 0 Å². The Bertz CT molecular complexity index is 997.